The molecule has 2 aromatic rings. The van der Waals surface area contributed by atoms with Gasteiger partial charge in [-0.1, -0.05) is 6.07 Å². The molecule has 1 aromatic heterocycles. The van der Waals surface area contributed by atoms with E-state index in [1.54, 1.807) is 0 Å². The number of H-pyrrole nitrogens is 1. The van der Waals surface area contributed by atoms with Crippen LogP contribution in [-0.2, 0) is 4.74 Å². The largest absolute Gasteiger partial charge is 0.376 e. The highest BCUT2D eigenvalue weighted by Gasteiger charge is 2.30. The molecule has 0 amide bonds. The molecule has 1 saturated heterocycles. The topological polar surface area (TPSA) is 50.3 Å². The number of hydrogen-bond donors (Lipinski definition) is 1. The molecule has 5 nitrogen and oxygen atoms in total. The van der Waals surface area contributed by atoms with Gasteiger partial charge in [0.05, 0.1) is 23.2 Å². The van der Waals surface area contributed by atoms with Crippen molar-refractivity contribution in [1.29, 1.82) is 0 Å². The van der Waals surface area contributed by atoms with E-state index in [1.165, 1.54) is 31.2 Å². The molecule has 5 heteroatoms. The Morgan fingerprint density at radius 3 is 2.41 bits per heavy atom. The molecule has 0 atom stereocenters. The van der Waals surface area contributed by atoms with E-state index in [1.807, 2.05) is 10.6 Å². The Labute approximate surface area is 161 Å². The summed E-state index contributed by atoms with van der Waals surface area (Å²) in [5.41, 5.74) is 3.26. The molecule has 148 valence electrons. The van der Waals surface area contributed by atoms with E-state index in [-0.39, 0.29) is 5.69 Å². The predicted molar refractivity (Wildman–Crippen MR) is 109 cm³/mol. The van der Waals surface area contributed by atoms with Crippen molar-refractivity contribution in [3.05, 3.63) is 34.2 Å². The second-order valence-corrected chi connectivity index (χ2v) is 8.70. The molecule has 2 heterocycles. The Hall–Kier alpha value is -1.59. The highest BCUT2D eigenvalue weighted by atomic mass is 16.5. The van der Waals surface area contributed by atoms with E-state index in [0.29, 0.717) is 24.3 Å². The number of nitrogens with zero attached hydrogens (tertiary/aromatic N) is 2. The fourth-order valence-corrected chi connectivity index (χ4v) is 5.03. The fraction of sp³-hybridized carbons (Fsp3) is 0.682. The normalized spacial score (nSPS) is 25.5. The number of ether oxygens (including phenoxy) is 1. The van der Waals surface area contributed by atoms with Gasteiger partial charge in [-0.3, -0.25) is 4.57 Å². The molecule has 0 bridgehead atoms. The maximum Gasteiger partial charge on any atom is 0.326 e. The van der Waals surface area contributed by atoms with Crippen molar-refractivity contribution >= 4 is 11.0 Å². The van der Waals surface area contributed by atoms with Crippen molar-refractivity contribution in [3.8, 4) is 0 Å². The standard InChI is InChI=1S/C22H33N3O2/c1-15(2)27-19-7-5-17(6-8-19)24-12-10-18(11-13-24)25-21-14-16(3)4-9-20(21)23-22(25)26/h4,9,14-15,17-19H,5-8,10-13H2,1-3H3,(H,23,26)/t17-,19+. The zero-order chi connectivity index (χ0) is 19.0. The maximum absolute atomic E-state index is 12.5. The Bertz CT molecular complexity index is 822. The van der Waals surface area contributed by atoms with Gasteiger partial charge < -0.3 is 14.6 Å². The van der Waals surface area contributed by atoms with Crippen molar-refractivity contribution in [2.24, 2.45) is 0 Å². The van der Waals surface area contributed by atoms with Gasteiger partial charge in [0.2, 0.25) is 0 Å². The number of imidazole rings is 1. The summed E-state index contributed by atoms with van der Waals surface area (Å²) < 4.78 is 8.00. The smallest absolute Gasteiger partial charge is 0.326 e. The van der Waals surface area contributed by atoms with Crippen molar-refractivity contribution in [1.82, 2.24) is 14.5 Å². The van der Waals surface area contributed by atoms with E-state index in [2.05, 4.69) is 42.8 Å². The van der Waals surface area contributed by atoms with Gasteiger partial charge in [-0.25, -0.2) is 4.79 Å². The van der Waals surface area contributed by atoms with Crippen LogP contribution in [0.5, 0.6) is 0 Å². The number of rotatable bonds is 4. The number of piperidine rings is 1. The van der Waals surface area contributed by atoms with Crippen molar-refractivity contribution < 1.29 is 4.74 Å². The summed E-state index contributed by atoms with van der Waals surface area (Å²) in [7, 11) is 0. The average Bonchev–Trinajstić information content (AvgIpc) is 2.97. The van der Waals surface area contributed by atoms with E-state index in [4.69, 9.17) is 4.74 Å². The van der Waals surface area contributed by atoms with Crippen LogP contribution in [-0.4, -0.2) is 45.8 Å². The Morgan fingerprint density at radius 1 is 1.04 bits per heavy atom. The number of benzene rings is 1. The summed E-state index contributed by atoms with van der Waals surface area (Å²) in [6.45, 7) is 8.53. The predicted octanol–water partition coefficient (Wildman–Crippen LogP) is 4.01. The van der Waals surface area contributed by atoms with E-state index >= 15 is 0 Å². The van der Waals surface area contributed by atoms with Crippen LogP contribution in [0.3, 0.4) is 0 Å². The number of aromatic nitrogens is 2. The molecule has 1 aliphatic carbocycles. The molecule has 0 spiro atoms. The maximum atomic E-state index is 12.5. The summed E-state index contributed by atoms with van der Waals surface area (Å²) in [5, 5.41) is 0. The van der Waals surface area contributed by atoms with Gasteiger partial charge >= 0.3 is 5.69 Å². The highest BCUT2D eigenvalue weighted by molar-refractivity contribution is 5.76. The molecule has 27 heavy (non-hydrogen) atoms. The van der Waals surface area contributed by atoms with E-state index in [0.717, 1.165) is 37.0 Å². The van der Waals surface area contributed by atoms with Crippen LogP contribution in [0.15, 0.2) is 23.0 Å². The molecular weight excluding hydrogens is 338 g/mol. The average molecular weight is 372 g/mol. The van der Waals surface area contributed by atoms with Gasteiger partial charge in [0, 0.05) is 25.2 Å². The van der Waals surface area contributed by atoms with Crippen LogP contribution in [0.25, 0.3) is 11.0 Å². The summed E-state index contributed by atoms with van der Waals surface area (Å²) in [5.74, 6) is 0. The van der Waals surface area contributed by atoms with Crippen LogP contribution in [0, 0.1) is 6.92 Å². The van der Waals surface area contributed by atoms with Gasteiger partial charge in [-0.15, -0.1) is 0 Å². The monoisotopic (exact) mass is 371 g/mol. The van der Waals surface area contributed by atoms with Gasteiger partial charge in [0.15, 0.2) is 0 Å². The van der Waals surface area contributed by atoms with E-state index in [9.17, 15) is 4.79 Å². The third-order valence-electron chi connectivity index (χ3n) is 6.36. The van der Waals surface area contributed by atoms with Crippen LogP contribution >= 0.6 is 0 Å². The van der Waals surface area contributed by atoms with Crippen molar-refractivity contribution in [3.63, 3.8) is 0 Å². The zero-order valence-electron chi connectivity index (χ0n) is 16.9. The molecule has 1 N–H and O–H groups in total. The third-order valence-corrected chi connectivity index (χ3v) is 6.36. The van der Waals surface area contributed by atoms with Crippen LogP contribution in [0.1, 0.15) is 64.0 Å². The SMILES string of the molecule is Cc1ccc2[nH]c(=O)n(C3CCN([C@H]4CC[C@@H](OC(C)C)CC4)CC3)c2c1. The first-order valence-electron chi connectivity index (χ1n) is 10.6. The molecule has 1 aliphatic heterocycles. The number of fused-ring (bicyclic) bond motifs is 1. The molecule has 2 fully saturated rings. The molecule has 1 saturated carbocycles. The van der Waals surface area contributed by atoms with Crippen molar-refractivity contribution in [2.75, 3.05) is 13.1 Å². The Kier molecular flexibility index (Phi) is 5.42. The molecule has 2 aliphatic rings. The summed E-state index contributed by atoms with van der Waals surface area (Å²) in [4.78, 5) is 18.2. The van der Waals surface area contributed by atoms with Crippen LogP contribution < -0.4 is 5.69 Å². The fourth-order valence-electron chi connectivity index (χ4n) is 5.03. The minimum absolute atomic E-state index is 0.0420. The minimum Gasteiger partial charge on any atom is -0.376 e. The molecule has 0 radical (unpaired) electrons. The van der Waals surface area contributed by atoms with Gasteiger partial charge in [-0.05, 0) is 77.0 Å². The molecule has 4 rings (SSSR count). The first kappa shape index (κ1) is 18.8. The van der Waals surface area contributed by atoms with Gasteiger partial charge in [-0.2, -0.15) is 0 Å². The third kappa shape index (κ3) is 3.99. The lowest BCUT2D eigenvalue weighted by molar-refractivity contribution is -0.0289. The lowest BCUT2D eigenvalue weighted by atomic mass is 9.90. The van der Waals surface area contributed by atoms with Crippen LogP contribution in [0.2, 0.25) is 0 Å². The minimum atomic E-state index is 0.0420. The number of nitrogens with one attached hydrogen (secondary N) is 1. The Morgan fingerprint density at radius 2 is 1.74 bits per heavy atom. The molecule has 0 unspecified atom stereocenters. The number of aromatic amines is 1. The first-order valence-corrected chi connectivity index (χ1v) is 10.6. The number of aryl methyl sites for hydroxylation is 1. The second kappa shape index (κ2) is 7.80. The van der Waals surface area contributed by atoms with Crippen LogP contribution in [0.4, 0.5) is 0 Å². The second-order valence-electron chi connectivity index (χ2n) is 8.70. The quantitative estimate of drug-likeness (QED) is 0.883. The van der Waals surface area contributed by atoms with E-state index < -0.39 is 0 Å². The van der Waals surface area contributed by atoms with Gasteiger partial charge in [0.25, 0.3) is 0 Å². The lowest BCUT2D eigenvalue weighted by Crippen LogP contribution is -2.45. The first-order chi connectivity index (χ1) is 13.0. The molecular formula is C22H33N3O2. The lowest BCUT2D eigenvalue weighted by Gasteiger charge is -2.41. The summed E-state index contributed by atoms with van der Waals surface area (Å²) in [6.07, 6.45) is 7.76. The molecule has 1 aromatic carbocycles. The summed E-state index contributed by atoms with van der Waals surface area (Å²) >= 11 is 0. The highest BCUT2D eigenvalue weighted by Crippen LogP contribution is 2.31. The summed E-state index contributed by atoms with van der Waals surface area (Å²) in [6, 6.07) is 7.22. The Balaban J connectivity index is 1.38. The van der Waals surface area contributed by atoms with Gasteiger partial charge in [0.1, 0.15) is 0 Å². The number of likely N-dealkylation sites (tertiary alicyclic amines) is 1. The van der Waals surface area contributed by atoms with Crippen molar-refractivity contribution in [2.45, 2.75) is 83.6 Å². The number of hydrogen-bond acceptors (Lipinski definition) is 3. The zero-order valence-corrected chi connectivity index (χ0v) is 16.9.